The van der Waals surface area contributed by atoms with Gasteiger partial charge in [0.25, 0.3) is 0 Å². The van der Waals surface area contributed by atoms with Crippen LogP contribution in [0.3, 0.4) is 0 Å². The predicted octanol–water partition coefficient (Wildman–Crippen LogP) is 2.58. The van der Waals surface area contributed by atoms with Crippen molar-refractivity contribution in [1.82, 2.24) is 0 Å². The second-order valence-corrected chi connectivity index (χ2v) is 5.39. The molecule has 0 spiro atoms. The third-order valence-corrected chi connectivity index (χ3v) is 3.76. The normalized spacial score (nSPS) is 26.3. The van der Waals surface area contributed by atoms with Crippen LogP contribution in [0.1, 0.15) is 12.8 Å². The van der Waals surface area contributed by atoms with E-state index in [-0.39, 0.29) is 12.1 Å². The van der Waals surface area contributed by atoms with Gasteiger partial charge in [-0.2, -0.15) is 0 Å². The highest BCUT2D eigenvalue weighted by Gasteiger charge is 2.51. The van der Waals surface area contributed by atoms with E-state index >= 15 is 0 Å². The number of nitrogens with one attached hydrogen (secondary N) is 1. The molecular formula is C13H16BrNO3. The van der Waals surface area contributed by atoms with Crippen molar-refractivity contribution >= 4 is 27.6 Å². The maximum Gasteiger partial charge on any atom is 0.331 e. The molecule has 0 atom stereocenters. The molecule has 0 heterocycles. The molecule has 0 unspecified atom stereocenters. The summed E-state index contributed by atoms with van der Waals surface area (Å²) in [5.74, 6) is -0.240. The van der Waals surface area contributed by atoms with Gasteiger partial charge in [-0.25, -0.2) is 4.79 Å². The average molecular weight is 314 g/mol. The van der Waals surface area contributed by atoms with Gasteiger partial charge in [-0.05, 0) is 18.2 Å². The highest BCUT2D eigenvalue weighted by molar-refractivity contribution is 9.10. The summed E-state index contributed by atoms with van der Waals surface area (Å²) < 4.78 is 11.1. The van der Waals surface area contributed by atoms with Gasteiger partial charge < -0.3 is 14.8 Å². The highest BCUT2D eigenvalue weighted by Crippen LogP contribution is 2.38. The predicted molar refractivity (Wildman–Crippen MR) is 72.5 cm³/mol. The molecule has 1 aliphatic carbocycles. The van der Waals surface area contributed by atoms with Crippen molar-refractivity contribution in [3.8, 4) is 0 Å². The van der Waals surface area contributed by atoms with E-state index in [1.165, 1.54) is 7.11 Å². The van der Waals surface area contributed by atoms with Gasteiger partial charge in [-0.1, -0.05) is 22.0 Å². The van der Waals surface area contributed by atoms with Crippen molar-refractivity contribution in [2.75, 3.05) is 19.5 Å². The molecule has 1 N–H and O–H groups in total. The molecule has 1 fully saturated rings. The second-order valence-electron chi connectivity index (χ2n) is 4.47. The average Bonchev–Trinajstić information content (AvgIpc) is 2.32. The number of ether oxygens (including phenoxy) is 2. The third kappa shape index (κ3) is 2.52. The quantitative estimate of drug-likeness (QED) is 0.868. The van der Waals surface area contributed by atoms with Gasteiger partial charge in [0.15, 0.2) is 0 Å². The Labute approximate surface area is 115 Å². The standard InChI is InChI=1S/C13H16BrNO3/c1-17-11-7-13(8-11,12(16)18-2)15-10-5-3-4-9(14)6-10/h3-6,11,15H,7-8H2,1-2H3. The molecule has 0 aromatic heterocycles. The zero-order chi connectivity index (χ0) is 13.2. The molecule has 1 aromatic carbocycles. The Morgan fingerprint density at radius 1 is 1.44 bits per heavy atom. The summed E-state index contributed by atoms with van der Waals surface area (Å²) in [6.07, 6.45) is 1.37. The van der Waals surface area contributed by atoms with Crippen molar-refractivity contribution in [2.24, 2.45) is 0 Å². The molecule has 0 bridgehead atoms. The van der Waals surface area contributed by atoms with Gasteiger partial charge in [0.05, 0.1) is 13.2 Å². The van der Waals surface area contributed by atoms with Crippen LogP contribution < -0.4 is 5.32 Å². The van der Waals surface area contributed by atoms with E-state index in [1.54, 1.807) is 7.11 Å². The lowest BCUT2D eigenvalue weighted by atomic mass is 9.74. The van der Waals surface area contributed by atoms with Crippen molar-refractivity contribution in [2.45, 2.75) is 24.5 Å². The highest BCUT2D eigenvalue weighted by atomic mass is 79.9. The van der Waals surface area contributed by atoms with E-state index < -0.39 is 5.54 Å². The van der Waals surface area contributed by atoms with Gasteiger partial charge in [-0.3, -0.25) is 0 Å². The Kier molecular flexibility index (Phi) is 3.92. The molecular weight excluding hydrogens is 298 g/mol. The van der Waals surface area contributed by atoms with Crippen LogP contribution >= 0.6 is 15.9 Å². The van der Waals surface area contributed by atoms with Crippen LogP contribution in [-0.4, -0.2) is 31.8 Å². The lowest BCUT2D eigenvalue weighted by Gasteiger charge is -2.45. The first-order valence-electron chi connectivity index (χ1n) is 5.74. The van der Waals surface area contributed by atoms with Crippen LogP contribution in [0.15, 0.2) is 28.7 Å². The first kappa shape index (κ1) is 13.4. The summed E-state index contributed by atoms with van der Waals surface area (Å²) in [6.45, 7) is 0. The van der Waals surface area contributed by atoms with E-state index in [1.807, 2.05) is 24.3 Å². The minimum Gasteiger partial charge on any atom is -0.467 e. The lowest BCUT2D eigenvalue weighted by Crippen LogP contribution is -2.59. The van der Waals surface area contributed by atoms with Crippen LogP contribution in [0.4, 0.5) is 5.69 Å². The fourth-order valence-electron chi connectivity index (χ4n) is 2.24. The van der Waals surface area contributed by atoms with Crippen molar-refractivity contribution in [3.63, 3.8) is 0 Å². The minimum atomic E-state index is -0.657. The molecule has 0 saturated heterocycles. The first-order chi connectivity index (χ1) is 8.59. The van der Waals surface area contributed by atoms with E-state index in [9.17, 15) is 4.79 Å². The van der Waals surface area contributed by atoms with E-state index in [4.69, 9.17) is 9.47 Å². The lowest BCUT2D eigenvalue weighted by molar-refractivity contribution is -0.154. The van der Waals surface area contributed by atoms with Gasteiger partial charge in [0.1, 0.15) is 5.54 Å². The Morgan fingerprint density at radius 2 is 2.17 bits per heavy atom. The monoisotopic (exact) mass is 313 g/mol. The minimum absolute atomic E-state index is 0.115. The summed E-state index contributed by atoms with van der Waals surface area (Å²) in [5.41, 5.74) is 0.236. The summed E-state index contributed by atoms with van der Waals surface area (Å²) in [5, 5.41) is 3.26. The number of benzene rings is 1. The molecule has 18 heavy (non-hydrogen) atoms. The number of carbonyl (C=O) groups is 1. The van der Waals surface area contributed by atoms with Gasteiger partial charge >= 0.3 is 5.97 Å². The Balaban J connectivity index is 2.14. The number of hydrogen-bond donors (Lipinski definition) is 1. The maximum atomic E-state index is 11.9. The van der Waals surface area contributed by atoms with E-state index in [0.29, 0.717) is 12.8 Å². The molecule has 0 radical (unpaired) electrons. The fourth-order valence-corrected chi connectivity index (χ4v) is 2.64. The number of esters is 1. The Hall–Kier alpha value is -1.07. The fraction of sp³-hybridized carbons (Fsp3) is 0.462. The van der Waals surface area contributed by atoms with E-state index in [2.05, 4.69) is 21.2 Å². The molecule has 2 rings (SSSR count). The summed E-state index contributed by atoms with van der Waals surface area (Å²) >= 11 is 3.41. The number of hydrogen-bond acceptors (Lipinski definition) is 4. The number of rotatable bonds is 4. The second kappa shape index (κ2) is 5.28. The summed E-state index contributed by atoms with van der Waals surface area (Å²) in [4.78, 5) is 11.9. The van der Waals surface area contributed by atoms with Crippen LogP contribution in [0.25, 0.3) is 0 Å². The number of halogens is 1. The van der Waals surface area contributed by atoms with Crippen LogP contribution in [0.2, 0.25) is 0 Å². The third-order valence-electron chi connectivity index (χ3n) is 3.27. The van der Waals surface area contributed by atoms with Gasteiger partial charge in [0.2, 0.25) is 0 Å². The van der Waals surface area contributed by atoms with Crippen molar-refractivity contribution < 1.29 is 14.3 Å². The molecule has 1 aromatic rings. The van der Waals surface area contributed by atoms with Gasteiger partial charge in [0, 0.05) is 30.1 Å². The molecule has 4 nitrogen and oxygen atoms in total. The number of anilines is 1. The molecule has 5 heteroatoms. The number of methoxy groups -OCH3 is 2. The Morgan fingerprint density at radius 3 is 2.72 bits per heavy atom. The van der Waals surface area contributed by atoms with Gasteiger partial charge in [-0.15, -0.1) is 0 Å². The largest absolute Gasteiger partial charge is 0.467 e. The summed E-state index contributed by atoms with van der Waals surface area (Å²) in [7, 11) is 3.07. The number of carbonyl (C=O) groups excluding carboxylic acids is 1. The van der Waals surface area contributed by atoms with E-state index in [0.717, 1.165) is 10.2 Å². The summed E-state index contributed by atoms with van der Waals surface area (Å²) in [6, 6.07) is 7.72. The van der Waals surface area contributed by atoms with Crippen molar-refractivity contribution in [1.29, 1.82) is 0 Å². The molecule has 1 saturated carbocycles. The molecule has 0 aliphatic heterocycles. The van der Waals surface area contributed by atoms with Crippen LogP contribution in [0.5, 0.6) is 0 Å². The SMILES string of the molecule is COC(=O)C1(Nc2cccc(Br)c2)CC(OC)C1. The van der Waals surface area contributed by atoms with Crippen molar-refractivity contribution in [3.05, 3.63) is 28.7 Å². The molecule has 0 amide bonds. The maximum absolute atomic E-state index is 11.9. The topological polar surface area (TPSA) is 47.6 Å². The smallest absolute Gasteiger partial charge is 0.331 e. The van der Waals surface area contributed by atoms with Crippen LogP contribution in [0, 0.1) is 0 Å². The van der Waals surface area contributed by atoms with Crippen LogP contribution in [-0.2, 0) is 14.3 Å². The molecule has 1 aliphatic rings. The Bertz CT molecular complexity index is 444. The zero-order valence-corrected chi connectivity index (χ0v) is 12.0. The zero-order valence-electron chi connectivity index (χ0n) is 10.4. The first-order valence-corrected chi connectivity index (χ1v) is 6.54. The molecule has 98 valence electrons.